The Bertz CT molecular complexity index is 842. The second-order valence-electron chi connectivity index (χ2n) is 6.63. The summed E-state index contributed by atoms with van der Waals surface area (Å²) in [4.78, 5) is 20.5. The van der Waals surface area contributed by atoms with Crippen molar-refractivity contribution in [3.63, 3.8) is 0 Å². The van der Waals surface area contributed by atoms with Gasteiger partial charge in [-0.2, -0.15) is 0 Å². The number of imidazole rings is 1. The Labute approximate surface area is 147 Å². The van der Waals surface area contributed by atoms with Crippen LogP contribution in [0.3, 0.4) is 0 Å². The highest BCUT2D eigenvalue weighted by atomic mass is 15.3. The van der Waals surface area contributed by atoms with Crippen molar-refractivity contribution < 1.29 is 0 Å². The van der Waals surface area contributed by atoms with Crippen molar-refractivity contribution in [3.8, 4) is 5.82 Å². The largest absolute Gasteiger partial charge is 0.332 e. The van der Waals surface area contributed by atoms with Gasteiger partial charge >= 0.3 is 0 Å². The molecular formula is C19H22N6. The second-order valence-corrected chi connectivity index (χ2v) is 6.63. The van der Waals surface area contributed by atoms with Gasteiger partial charge in [0.1, 0.15) is 11.6 Å². The van der Waals surface area contributed by atoms with Crippen molar-refractivity contribution in [2.75, 3.05) is 11.4 Å². The Balaban J connectivity index is 1.68. The molecule has 0 bridgehead atoms. The quantitative estimate of drug-likeness (QED) is 0.730. The molecule has 4 heterocycles. The fraction of sp³-hybridized carbons (Fsp3) is 0.368. The fourth-order valence-electron chi connectivity index (χ4n) is 3.45. The molecule has 3 aromatic heterocycles. The molecule has 1 aliphatic rings. The minimum absolute atomic E-state index is 0.216. The van der Waals surface area contributed by atoms with E-state index in [0.717, 1.165) is 42.7 Å². The summed E-state index contributed by atoms with van der Waals surface area (Å²) in [6.07, 6.45) is 9.59. The van der Waals surface area contributed by atoms with Crippen molar-refractivity contribution in [3.05, 3.63) is 60.6 Å². The van der Waals surface area contributed by atoms with Crippen molar-refractivity contribution in [2.45, 2.75) is 38.6 Å². The average Bonchev–Trinajstić information content (AvgIpc) is 3.32. The molecule has 25 heavy (non-hydrogen) atoms. The molecule has 0 radical (unpaired) electrons. The summed E-state index contributed by atoms with van der Waals surface area (Å²) >= 11 is 0. The summed E-state index contributed by atoms with van der Waals surface area (Å²) in [7, 11) is 0. The van der Waals surface area contributed by atoms with E-state index in [0.29, 0.717) is 5.92 Å². The number of anilines is 1. The SMILES string of the molecule is CC(C)c1nccn1-c1cccc(C2CCCN2c2ncccn2)n1. The zero-order valence-electron chi connectivity index (χ0n) is 14.6. The van der Waals surface area contributed by atoms with Crippen LogP contribution >= 0.6 is 0 Å². The predicted molar refractivity (Wildman–Crippen MR) is 96.8 cm³/mol. The van der Waals surface area contributed by atoms with E-state index in [2.05, 4.69) is 50.4 Å². The minimum atomic E-state index is 0.216. The highest BCUT2D eigenvalue weighted by Crippen LogP contribution is 2.33. The molecule has 0 aliphatic carbocycles. The molecule has 1 unspecified atom stereocenters. The summed E-state index contributed by atoms with van der Waals surface area (Å²) in [5, 5.41) is 0. The monoisotopic (exact) mass is 334 g/mol. The predicted octanol–water partition coefficient (Wildman–Crippen LogP) is 3.52. The summed E-state index contributed by atoms with van der Waals surface area (Å²) in [6.45, 7) is 5.26. The van der Waals surface area contributed by atoms with Gasteiger partial charge in [0, 0.05) is 37.3 Å². The van der Waals surface area contributed by atoms with E-state index in [1.54, 1.807) is 12.4 Å². The zero-order valence-corrected chi connectivity index (χ0v) is 14.6. The van der Waals surface area contributed by atoms with Gasteiger partial charge in [0.15, 0.2) is 0 Å². The standard InChI is InChI=1S/C19H22N6/c1-14(2)18-20-11-13-25(18)17-8-3-6-15(23-17)16-7-4-12-24(16)19-21-9-5-10-22-19/h3,5-6,8-11,13-14,16H,4,7,12H2,1-2H3. The smallest absolute Gasteiger partial charge is 0.225 e. The van der Waals surface area contributed by atoms with Gasteiger partial charge in [-0.1, -0.05) is 19.9 Å². The van der Waals surface area contributed by atoms with Crippen LogP contribution < -0.4 is 4.90 Å². The van der Waals surface area contributed by atoms with Crippen LogP contribution in [0.5, 0.6) is 0 Å². The summed E-state index contributed by atoms with van der Waals surface area (Å²) in [5.74, 6) is 3.07. The van der Waals surface area contributed by atoms with Crippen LogP contribution in [0.2, 0.25) is 0 Å². The van der Waals surface area contributed by atoms with Crippen LogP contribution in [0.1, 0.15) is 50.2 Å². The maximum Gasteiger partial charge on any atom is 0.225 e. The third-order valence-corrected chi connectivity index (χ3v) is 4.59. The number of hydrogen-bond acceptors (Lipinski definition) is 5. The molecule has 6 nitrogen and oxygen atoms in total. The van der Waals surface area contributed by atoms with Crippen LogP contribution in [0.4, 0.5) is 5.95 Å². The first-order chi connectivity index (χ1) is 12.2. The van der Waals surface area contributed by atoms with E-state index >= 15 is 0 Å². The van der Waals surface area contributed by atoms with Crippen LogP contribution in [0, 0.1) is 0 Å². The molecule has 0 aromatic carbocycles. The lowest BCUT2D eigenvalue weighted by atomic mass is 10.1. The second kappa shape index (κ2) is 6.63. The lowest BCUT2D eigenvalue weighted by molar-refractivity contribution is 0.672. The molecule has 4 rings (SSSR count). The van der Waals surface area contributed by atoms with Crippen LogP contribution in [0.25, 0.3) is 5.82 Å². The Morgan fingerprint density at radius 2 is 1.88 bits per heavy atom. The Morgan fingerprint density at radius 1 is 1.04 bits per heavy atom. The first kappa shape index (κ1) is 15.7. The van der Waals surface area contributed by atoms with Gasteiger partial charge < -0.3 is 4.90 Å². The first-order valence-electron chi connectivity index (χ1n) is 8.78. The molecule has 0 amide bonds. The lowest BCUT2D eigenvalue weighted by Gasteiger charge is -2.24. The van der Waals surface area contributed by atoms with E-state index in [9.17, 15) is 0 Å². The molecule has 3 aromatic rings. The third kappa shape index (κ3) is 2.99. The number of aromatic nitrogens is 5. The molecule has 0 N–H and O–H groups in total. The molecular weight excluding hydrogens is 312 g/mol. The Hall–Kier alpha value is -2.76. The number of hydrogen-bond donors (Lipinski definition) is 0. The van der Waals surface area contributed by atoms with E-state index in [1.807, 2.05) is 24.5 Å². The van der Waals surface area contributed by atoms with Gasteiger partial charge in [-0.15, -0.1) is 0 Å². The molecule has 1 aliphatic heterocycles. The average molecular weight is 334 g/mol. The molecule has 1 fully saturated rings. The summed E-state index contributed by atoms with van der Waals surface area (Å²) < 4.78 is 2.08. The molecule has 0 saturated carbocycles. The number of rotatable bonds is 4. The molecule has 1 saturated heterocycles. The number of nitrogens with zero attached hydrogens (tertiary/aromatic N) is 6. The van der Waals surface area contributed by atoms with Crippen molar-refractivity contribution in [1.82, 2.24) is 24.5 Å². The first-order valence-corrected chi connectivity index (χ1v) is 8.78. The Kier molecular flexibility index (Phi) is 4.17. The summed E-state index contributed by atoms with van der Waals surface area (Å²) in [6, 6.07) is 8.27. The van der Waals surface area contributed by atoms with Crippen molar-refractivity contribution >= 4 is 5.95 Å². The maximum absolute atomic E-state index is 4.94. The normalized spacial score (nSPS) is 17.4. The van der Waals surface area contributed by atoms with E-state index in [1.165, 1.54) is 0 Å². The van der Waals surface area contributed by atoms with Gasteiger partial charge in [-0.05, 0) is 31.0 Å². The Morgan fingerprint density at radius 3 is 2.68 bits per heavy atom. The topological polar surface area (TPSA) is 59.7 Å². The van der Waals surface area contributed by atoms with Gasteiger partial charge in [0.25, 0.3) is 0 Å². The number of pyridine rings is 1. The van der Waals surface area contributed by atoms with Gasteiger partial charge in [0.2, 0.25) is 5.95 Å². The van der Waals surface area contributed by atoms with Crippen molar-refractivity contribution in [1.29, 1.82) is 0 Å². The van der Waals surface area contributed by atoms with Crippen LogP contribution in [0.15, 0.2) is 49.1 Å². The molecule has 128 valence electrons. The zero-order chi connectivity index (χ0) is 17.2. The molecule has 0 spiro atoms. The maximum atomic E-state index is 4.94. The fourth-order valence-corrected chi connectivity index (χ4v) is 3.45. The van der Waals surface area contributed by atoms with Gasteiger partial charge in [-0.25, -0.2) is 19.9 Å². The minimum Gasteiger partial charge on any atom is -0.332 e. The van der Waals surface area contributed by atoms with Crippen LogP contribution in [-0.4, -0.2) is 31.0 Å². The van der Waals surface area contributed by atoms with Crippen LogP contribution in [-0.2, 0) is 0 Å². The molecule has 1 atom stereocenters. The lowest BCUT2D eigenvalue weighted by Crippen LogP contribution is -2.25. The summed E-state index contributed by atoms with van der Waals surface area (Å²) in [5.41, 5.74) is 1.06. The van der Waals surface area contributed by atoms with E-state index in [-0.39, 0.29) is 6.04 Å². The third-order valence-electron chi connectivity index (χ3n) is 4.59. The van der Waals surface area contributed by atoms with E-state index in [4.69, 9.17) is 4.98 Å². The van der Waals surface area contributed by atoms with Gasteiger partial charge in [-0.3, -0.25) is 4.57 Å². The van der Waals surface area contributed by atoms with Crippen molar-refractivity contribution in [2.24, 2.45) is 0 Å². The highest BCUT2D eigenvalue weighted by molar-refractivity contribution is 5.37. The highest BCUT2D eigenvalue weighted by Gasteiger charge is 2.29. The van der Waals surface area contributed by atoms with E-state index < -0.39 is 0 Å². The molecule has 6 heteroatoms. The van der Waals surface area contributed by atoms with Gasteiger partial charge in [0.05, 0.1) is 11.7 Å².